The average Bonchev–Trinajstić information content (AvgIpc) is 3.12. The van der Waals surface area contributed by atoms with Crippen LogP contribution in [0.25, 0.3) is 22.2 Å². The SMILES string of the molecule is O=C(O)C1Cc2c(c(Cl)cc3c(-c4ccc(F)cc4)noc23)O1. The minimum Gasteiger partial charge on any atom is -0.478 e. The summed E-state index contributed by atoms with van der Waals surface area (Å²) in [5.41, 5.74) is 2.21. The van der Waals surface area contributed by atoms with Gasteiger partial charge in [-0.05, 0) is 30.3 Å². The van der Waals surface area contributed by atoms with Crippen molar-refractivity contribution in [2.75, 3.05) is 0 Å². The second kappa shape index (κ2) is 4.96. The van der Waals surface area contributed by atoms with Crippen molar-refractivity contribution in [3.63, 3.8) is 0 Å². The maximum absolute atomic E-state index is 13.1. The van der Waals surface area contributed by atoms with Gasteiger partial charge in [-0.25, -0.2) is 9.18 Å². The monoisotopic (exact) mass is 333 g/mol. The van der Waals surface area contributed by atoms with Crippen LogP contribution in [0.1, 0.15) is 5.56 Å². The minimum atomic E-state index is -1.07. The Balaban J connectivity index is 1.89. The van der Waals surface area contributed by atoms with Gasteiger partial charge in [0.2, 0.25) is 0 Å². The highest BCUT2D eigenvalue weighted by molar-refractivity contribution is 6.33. The van der Waals surface area contributed by atoms with Gasteiger partial charge in [-0.2, -0.15) is 0 Å². The number of aliphatic carboxylic acids is 1. The van der Waals surface area contributed by atoms with E-state index in [1.54, 1.807) is 18.2 Å². The standard InChI is InChI=1S/C16H9ClFNO4/c17-11-5-9-13(7-1-3-8(18)4-2-7)19-23-14(9)10-6-12(16(20)21)22-15(10)11/h1-5,12H,6H2,(H,20,21). The average molecular weight is 334 g/mol. The predicted molar refractivity (Wildman–Crippen MR) is 80.2 cm³/mol. The molecule has 4 rings (SSSR count). The van der Waals surface area contributed by atoms with Gasteiger partial charge in [0.05, 0.1) is 10.4 Å². The number of carboxylic acid groups (broad SMARTS) is 1. The molecule has 1 aliphatic heterocycles. The normalized spacial score (nSPS) is 16.3. The van der Waals surface area contributed by atoms with Crippen molar-refractivity contribution in [1.82, 2.24) is 5.16 Å². The summed E-state index contributed by atoms with van der Waals surface area (Å²) < 4.78 is 23.8. The lowest BCUT2D eigenvalue weighted by atomic mass is 10.0. The second-order valence-corrected chi connectivity index (χ2v) is 5.64. The van der Waals surface area contributed by atoms with Gasteiger partial charge in [-0.3, -0.25) is 0 Å². The lowest BCUT2D eigenvalue weighted by Crippen LogP contribution is -2.24. The Hall–Kier alpha value is -2.60. The molecule has 0 fully saturated rings. The molecule has 23 heavy (non-hydrogen) atoms. The van der Waals surface area contributed by atoms with Crippen LogP contribution in [0, 0.1) is 5.82 Å². The Morgan fingerprint density at radius 3 is 2.78 bits per heavy atom. The number of halogens is 2. The fourth-order valence-corrected chi connectivity index (χ4v) is 2.99. The molecule has 2 aromatic carbocycles. The summed E-state index contributed by atoms with van der Waals surface area (Å²) >= 11 is 6.21. The molecule has 0 amide bonds. The quantitative estimate of drug-likeness (QED) is 0.774. The van der Waals surface area contributed by atoms with E-state index < -0.39 is 12.1 Å². The molecule has 7 heteroatoms. The van der Waals surface area contributed by atoms with Crippen LogP contribution in [-0.4, -0.2) is 22.3 Å². The van der Waals surface area contributed by atoms with Gasteiger partial charge >= 0.3 is 5.97 Å². The minimum absolute atomic E-state index is 0.153. The Bertz CT molecular complexity index is 935. The van der Waals surface area contributed by atoms with Crippen LogP contribution in [0.3, 0.4) is 0 Å². The van der Waals surface area contributed by atoms with E-state index in [0.717, 1.165) is 0 Å². The van der Waals surface area contributed by atoms with Crippen LogP contribution < -0.4 is 4.74 Å². The predicted octanol–water partition coefficient (Wildman–Crippen LogP) is 3.68. The van der Waals surface area contributed by atoms with Crippen LogP contribution in [-0.2, 0) is 11.2 Å². The van der Waals surface area contributed by atoms with Crippen LogP contribution in [0.2, 0.25) is 5.02 Å². The van der Waals surface area contributed by atoms with Crippen molar-refractivity contribution in [2.45, 2.75) is 12.5 Å². The number of rotatable bonds is 2. The number of carboxylic acids is 1. The summed E-state index contributed by atoms with van der Waals surface area (Å²) in [6.45, 7) is 0. The summed E-state index contributed by atoms with van der Waals surface area (Å²) in [7, 11) is 0. The lowest BCUT2D eigenvalue weighted by Gasteiger charge is -2.05. The zero-order valence-corrected chi connectivity index (χ0v) is 12.3. The molecule has 0 radical (unpaired) electrons. The maximum atomic E-state index is 13.1. The van der Waals surface area contributed by atoms with Gasteiger partial charge in [0.15, 0.2) is 11.7 Å². The van der Waals surface area contributed by atoms with E-state index in [9.17, 15) is 9.18 Å². The van der Waals surface area contributed by atoms with Crippen LogP contribution in [0.4, 0.5) is 4.39 Å². The molecule has 5 nitrogen and oxygen atoms in total. The molecule has 0 spiro atoms. The number of ether oxygens (including phenoxy) is 1. The van der Waals surface area contributed by atoms with E-state index in [0.29, 0.717) is 38.6 Å². The first-order valence-electron chi connectivity index (χ1n) is 6.81. The van der Waals surface area contributed by atoms with Gasteiger partial charge in [0.1, 0.15) is 17.3 Å². The van der Waals surface area contributed by atoms with Crippen molar-refractivity contribution >= 4 is 28.5 Å². The molecule has 1 unspecified atom stereocenters. The summed E-state index contributed by atoms with van der Waals surface area (Å²) in [5.74, 6) is -1.10. The summed E-state index contributed by atoms with van der Waals surface area (Å²) in [5, 5.41) is 14.1. The molecule has 1 aromatic heterocycles. The van der Waals surface area contributed by atoms with Crippen molar-refractivity contribution in [3.8, 4) is 17.0 Å². The fourth-order valence-electron chi connectivity index (χ4n) is 2.72. The highest BCUT2D eigenvalue weighted by Gasteiger charge is 2.34. The van der Waals surface area contributed by atoms with Crippen molar-refractivity contribution in [2.24, 2.45) is 0 Å². The molecule has 0 bridgehead atoms. The number of carbonyl (C=O) groups is 1. The van der Waals surface area contributed by atoms with E-state index in [1.165, 1.54) is 12.1 Å². The molecular formula is C16H9ClFNO4. The number of nitrogens with zero attached hydrogens (tertiary/aromatic N) is 1. The van der Waals surface area contributed by atoms with E-state index in [2.05, 4.69) is 5.16 Å². The third-order valence-electron chi connectivity index (χ3n) is 3.81. The second-order valence-electron chi connectivity index (χ2n) is 5.23. The van der Waals surface area contributed by atoms with Gasteiger partial charge in [0, 0.05) is 17.5 Å². The molecule has 1 atom stereocenters. The first kappa shape index (κ1) is 14.0. The number of hydrogen-bond acceptors (Lipinski definition) is 4. The van der Waals surface area contributed by atoms with E-state index in [4.69, 9.17) is 26.0 Å². The Morgan fingerprint density at radius 1 is 1.35 bits per heavy atom. The third-order valence-corrected chi connectivity index (χ3v) is 4.09. The molecule has 116 valence electrons. The topological polar surface area (TPSA) is 72.6 Å². The molecule has 3 aromatic rings. The van der Waals surface area contributed by atoms with E-state index in [1.807, 2.05) is 0 Å². The van der Waals surface area contributed by atoms with Gasteiger partial charge in [-0.15, -0.1) is 0 Å². The number of benzene rings is 2. The molecule has 0 saturated carbocycles. The van der Waals surface area contributed by atoms with Crippen LogP contribution >= 0.6 is 11.6 Å². The fraction of sp³-hybridized carbons (Fsp3) is 0.125. The smallest absolute Gasteiger partial charge is 0.345 e. The molecule has 1 aliphatic rings. The number of fused-ring (bicyclic) bond motifs is 3. The largest absolute Gasteiger partial charge is 0.478 e. The summed E-state index contributed by atoms with van der Waals surface area (Å²) in [4.78, 5) is 11.1. The maximum Gasteiger partial charge on any atom is 0.345 e. The summed E-state index contributed by atoms with van der Waals surface area (Å²) in [6, 6.07) is 7.45. The van der Waals surface area contributed by atoms with Gasteiger partial charge in [0.25, 0.3) is 0 Å². The number of aromatic nitrogens is 1. The van der Waals surface area contributed by atoms with E-state index in [-0.39, 0.29) is 12.2 Å². The van der Waals surface area contributed by atoms with Crippen molar-refractivity contribution in [1.29, 1.82) is 0 Å². The number of hydrogen-bond donors (Lipinski definition) is 1. The first-order valence-corrected chi connectivity index (χ1v) is 7.18. The Kier molecular flexibility index (Phi) is 3.02. The van der Waals surface area contributed by atoms with Crippen LogP contribution in [0.15, 0.2) is 34.9 Å². The third kappa shape index (κ3) is 2.14. The van der Waals surface area contributed by atoms with Crippen LogP contribution in [0.5, 0.6) is 5.75 Å². The zero-order chi connectivity index (χ0) is 16.1. The molecule has 0 saturated heterocycles. The van der Waals surface area contributed by atoms with Gasteiger partial charge in [-0.1, -0.05) is 16.8 Å². The molecule has 0 aliphatic carbocycles. The summed E-state index contributed by atoms with van der Waals surface area (Å²) in [6.07, 6.45) is -0.841. The highest BCUT2D eigenvalue weighted by atomic mass is 35.5. The lowest BCUT2D eigenvalue weighted by molar-refractivity contribution is -0.144. The first-order chi connectivity index (χ1) is 11.0. The zero-order valence-electron chi connectivity index (χ0n) is 11.5. The Morgan fingerprint density at radius 2 is 2.09 bits per heavy atom. The highest BCUT2D eigenvalue weighted by Crippen LogP contribution is 2.43. The van der Waals surface area contributed by atoms with Crippen molar-refractivity contribution in [3.05, 3.63) is 46.7 Å². The van der Waals surface area contributed by atoms with Gasteiger partial charge < -0.3 is 14.4 Å². The Labute approximate surface area is 134 Å². The molecule has 1 N–H and O–H groups in total. The van der Waals surface area contributed by atoms with Crippen molar-refractivity contribution < 1.29 is 23.6 Å². The molecule has 2 heterocycles. The molecular weight excluding hydrogens is 325 g/mol. The van der Waals surface area contributed by atoms with E-state index >= 15 is 0 Å².